The maximum absolute atomic E-state index is 14.2. The molecule has 0 unspecified atom stereocenters. The van der Waals surface area contributed by atoms with Crippen molar-refractivity contribution in [3.05, 3.63) is 102 Å². The molecule has 0 aliphatic carbocycles. The van der Waals surface area contributed by atoms with Gasteiger partial charge < -0.3 is 28.5 Å². The van der Waals surface area contributed by atoms with Crippen LogP contribution in [-0.4, -0.2) is 54.5 Å². The smallest absolute Gasteiger partial charge is 0.453 e. The van der Waals surface area contributed by atoms with Crippen LogP contribution in [0.3, 0.4) is 0 Å². The molecule has 0 bridgehead atoms. The second kappa shape index (κ2) is 15.6. The van der Waals surface area contributed by atoms with Crippen LogP contribution in [0.25, 0.3) is 0 Å². The van der Waals surface area contributed by atoms with Crippen molar-refractivity contribution in [1.82, 2.24) is 0 Å². The molecule has 8 nitrogen and oxygen atoms in total. The number of ether oxygens (including phenoxy) is 5. The molecular formula is C33H34F3NO7. The molecule has 234 valence electrons. The van der Waals surface area contributed by atoms with Gasteiger partial charge >= 0.3 is 12.1 Å². The SMILES string of the molecule is CC(=O)CCC(=O)O[C@H]1[C@H](OC(=Nc2ccccc2)C(F)(F)F)O[C@@H](C)[C@H](OCc2ccccc2)[C@H]1OCc1ccccc1. The fourth-order valence-corrected chi connectivity index (χ4v) is 4.52. The lowest BCUT2D eigenvalue weighted by atomic mass is 9.98. The van der Waals surface area contributed by atoms with E-state index in [2.05, 4.69) is 4.99 Å². The molecule has 5 atom stereocenters. The van der Waals surface area contributed by atoms with Gasteiger partial charge in [0.2, 0.25) is 6.29 Å². The van der Waals surface area contributed by atoms with Gasteiger partial charge in [-0.1, -0.05) is 78.9 Å². The third-order valence-corrected chi connectivity index (χ3v) is 6.70. The van der Waals surface area contributed by atoms with E-state index in [0.717, 1.165) is 11.1 Å². The van der Waals surface area contributed by atoms with Crippen molar-refractivity contribution in [3.63, 3.8) is 0 Å². The molecular weight excluding hydrogens is 579 g/mol. The molecule has 1 aliphatic rings. The molecule has 4 rings (SSSR count). The number of aliphatic imine (C=N–C) groups is 1. The molecule has 1 heterocycles. The summed E-state index contributed by atoms with van der Waals surface area (Å²) < 4.78 is 72.0. The minimum Gasteiger partial charge on any atom is -0.453 e. The van der Waals surface area contributed by atoms with Crippen molar-refractivity contribution < 1.29 is 46.4 Å². The van der Waals surface area contributed by atoms with E-state index in [1.165, 1.54) is 31.2 Å². The van der Waals surface area contributed by atoms with Crippen molar-refractivity contribution in [3.8, 4) is 0 Å². The Kier molecular flexibility index (Phi) is 11.6. The number of hydrogen-bond acceptors (Lipinski definition) is 8. The Bertz CT molecular complexity index is 1370. The largest absolute Gasteiger partial charge is 0.468 e. The molecule has 44 heavy (non-hydrogen) atoms. The number of carbonyl (C=O) groups is 2. The fraction of sp³-hybridized carbons (Fsp3) is 0.364. The van der Waals surface area contributed by atoms with Gasteiger partial charge in [0.1, 0.15) is 18.0 Å². The van der Waals surface area contributed by atoms with Crippen molar-refractivity contribution in [2.45, 2.75) is 76.8 Å². The van der Waals surface area contributed by atoms with Gasteiger partial charge in [-0.15, -0.1) is 0 Å². The second-order valence-electron chi connectivity index (χ2n) is 10.3. The summed E-state index contributed by atoms with van der Waals surface area (Å²) in [4.78, 5) is 28.1. The van der Waals surface area contributed by atoms with E-state index in [1.807, 2.05) is 60.7 Å². The van der Waals surface area contributed by atoms with Crippen molar-refractivity contribution >= 4 is 23.3 Å². The summed E-state index contributed by atoms with van der Waals surface area (Å²) in [6.45, 7) is 3.09. The number of para-hydroxylation sites is 1. The van der Waals surface area contributed by atoms with E-state index in [-0.39, 0.29) is 37.5 Å². The van der Waals surface area contributed by atoms with Crippen LogP contribution in [-0.2, 0) is 46.5 Å². The van der Waals surface area contributed by atoms with Crippen LogP contribution in [0.2, 0.25) is 0 Å². The van der Waals surface area contributed by atoms with Gasteiger partial charge in [0.15, 0.2) is 6.10 Å². The normalized spacial score (nSPS) is 22.3. The molecule has 0 saturated carbocycles. The molecule has 0 aromatic heterocycles. The second-order valence-corrected chi connectivity index (χ2v) is 10.3. The Balaban J connectivity index is 1.68. The van der Waals surface area contributed by atoms with Gasteiger partial charge in [-0.25, -0.2) is 4.99 Å². The highest BCUT2D eigenvalue weighted by Crippen LogP contribution is 2.33. The van der Waals surface area contributed by atoms with Crippen LogP contribution in [0.15, 0.2) is 96.0 Å². The van der Waals surface area contributed by atoms with Gasteiger partial charge in [0.25, 0.3) is 5.90 Å². The van der Waals surface area contributed by atoms with Crippen LogP contribution in [0.5, 0.6) is 0 Å². The number of nitrogens with zero attached hydrogens (tertiary/aromatic N) is 1. The number of halogens is 3. The monoisotopic (exact) mass is 613 g/mol. The number of carbonyl (C=O) groups excluding carboxylic acids is 2. The zero-order chi connectivity index (χ0) is 31.5. The highest BCUT2D eigenvalue weighted by Gasteiger charge is 2.52. The summed E-state index contributed by atoms with van der Waals surface area (Å²) in [7, 11) is 0. The highest BCUT2D eigenvalue weighted by atomic mass is 19.4. The number of esters is 1. The molecule has 0 amide bonds. The van der Waals surface area contributed by atoms with E-state index >= 15 is 0 Å². The molecule has 11 heteroatoms. The van der Waals surface area contributed by atoms with Gasteiger partial charge in [0, 0.05) is 6.42 Å². The Hall–Kier alpha value is -4.06. The zero-order valence-electron chi connectivity index (χ0n) is 24.3. The predicted octanol–water partition coefficient (Wildman–Crippen LogP) is 6.49. The topological polar surface area (TPSA) is 92.7 Å². The molecule has 0 spiro atoms. The quantitative estimate of drug-likeness (QED) is 0.131. The number of ketones is 1. The summed E-state index contributed by atoms with van der Waals surface area (Å²) in [6, 6.07) is 25.8. The first-order valence-corrected chi connectivity index (χ1v) is 14.1. The van der Waals surface area contributed by atoms with Crippen LogP contribution < -0.4 is 0 Å². The Morgan fingerprint density at radius 1 is 0.750 bits per heavy atom. The van der Waals surface area contributed by atoms with E-state index in [0.29, 0.717) is 0 Å². The average molecular weight is 614 g/mol. The highest BCUT2D eigenvalue weighted by molar-refractivity contribution is 5.84. The van der Waals surface area contributed by atoms with Crippen molar-refractivity contribution in [2.75, 3.05) is 0 Å². The first kappa shape index (κ1) is 32.8. The van der Waals surface area contributed by atoms with Crippen LogP contribution in [0.1, 0.15) is 37.8 Å². The molecule has 0 N–H and O–H groups in total. The van der Waals surface area contributed by atoms with E-state index in [9.17, 15) is 22.8 Å². The third-order valence-electron chi connectivity index (χ3n) is 6.70. The maximum atomic E-state index is 14.2. The Labute approximate surface area is 253 Å². The van der Waals surface area contributed by atoms with Gasteiger partial charge in [-0.05, 0) is 37.1 Å². The minimum absolute atomic E-state index is 0.000338. The van der Waals surface area contributed by atoms with Crippen LogP contribution in [0, 0.1) is 0 Å². The first-order valence-electron chi connectivity index (χ1n) is 14.1. The number of hydrogen-bond donors (Lipinski definition) is 0. The van der Waals surface area contributed by atoms with Crippen molar-refractivity contribution in [2.24, 2.45) is 4.99 Å². The molecule has 3 aromatic carbocycles. The summed E-state index contributed by atoms with van der Waals surface area (Å²) in [5.41, 5.74) is 1.61. The van der Waals surface area contributed by atoms with Crippen molar-refractivity contribution in [1.29, 1.82) is 0 Å². The van der Waals surface area contributed by atoms with Gasteiger partial charge in [-0.2, -0.15) is 13.2 Å². The lowest BCUT2D eigenvalue weighted by molar-refractivity contribution is -0.299. The zero-order valence-corrected chi connectivity index (χ0v) is 24.3. The number of Topliss-reactive ketones (excluding diaryl/α,β-unsaturated/α-hetero) is 1. The van der Waals surface area contributed by atoms with Gasteiger partial charge in [-0.3, -0.25) is 4.79 Å². The molecule has 1 saturated heterocycles. The lowest BCUT2D eigenvalue weighted by Gasteiger charge is -2.44. The number of benzene rings is 3. The Morgan fingerprint density at radius 3 is 1.80 bits per heavy atom. The minimum atomic E-state index is -5.01. The molecule has 1 fully saturated rings. The number of rotatable bonds is 12. The summed E-state index contributed by atoms with van der Waals surface area (Å²) in [5.74, 6) is -2.67. The molecule has 0 radical (unpaired) electrons. The van der Waals surface area contributed by atoms with Gasteiger partial charge in [0.05, 0.1) is 31.4 Å². The Morgan fingerprint density at radius 2 is 1.27 bits per heavy atom. The first-order chi connectivity index (χ1) is 21.1. The molecule has 1 aliphatic heterocycles. The predicted molar refractivity (Wildman–Crippen MR) is 155 cm³/mol. The van der Waals surface area contributed by atoms with E-state index in [1.54, 1.807) is 13.0 Å². The standard InChI is InChI=1S/C33H34F3NO7/c1-22(38)18-19-27(39)43-30-29(41-21-25-14-8-4-9-15-25)28(40-20-24-12-6-3-7-13-24)23(2)42-31(30)44-32(33(34,35)36)37-26-16-10-5-11-17-26/h3-17,23,28-31H,18-21H2,1-2H3/t23-,28-,29+,30+,31-/m0/s1. The average Bonchev–Trinajstić information content (AvgIpc) is 3.00. The number of alkyl halides is 3. The summed E-state index contributed by atoms with van der Waals surface area (Å²) in [5, 5.41) is 0. The summed E-state index contributed by atoms with van der Waals surface area (Å²) in [6.07, 6.45) is -11.6. The summed E-state index contributed by atoms with van der Waals surface area (Å²) >= 11 is 0. The lowest BCUT2D eigenvalue weighted by Crippen LogP contribution is -2.61. The van der Waals surface area contributed by atoms with E-state index < -0.39 is 48.7 Å². The van der Waals surface area contributed by atoms with E-state index in [4.69, 9.17) is 23.7 Å². The van der Waals surface area contributed by atoms with Crippen LogP contribution in [0.4, 0.5) is 18.9 Å². The fourth-order valence-electron chi connectivity index (χ4n) is 4.52. The molecule has 3 aromatic rings. The maximum Gasteiger partial charge on any atom is 0.468 e. The third kappa shape index (κ3) is 9.73. The van der Waals surface area contributed by atoms with Crippen LogP contribution >= 0.6 is 0 Å².